The fourth-order valence-corrected chi connectivity index (χ4v) is 3.01. The zero-order chi connectivity index (χ0) is 14.6. The van der Waals surface area contributed by atoms with E-state index in [4.69, 9.17) is 18.3 Å². The average molecular weight is 292 g/mol. The summed E-state index contributed by atoms with van der Waals surface area (Å²) in [5.74, 6) is -0.898. The van der Waals surface area contributed by atoms with E-state index in [2.05, 4.69) is 13.8 Å². The maximum atomic E-state index is 5.99. The first-order valence-electron chi connectivity index (χ1n) is 7.71. The molecule has 0 N–H and O–H groups in total. The second-order valence-corrected chi connectivity index (χ2v) is 6.29. The van der Waals surface area contributed by atoms with E-state index in [1.165, 1.54) is 0 Å². The van der Waals surface area contributed by atoms with Gasteiger partial charge in [0.2, 0.25) is 0 Å². The lowest BCUT2D eigenvalue weighted by Crippen LogP contribution is -2.44. The molecular weight excluding hydrogens is 260 g/mol. The molecule has 19 heavy (non-hydrogen) atoms. The SMILES string of the molecule is CCCCOC(CC)(OCCCC)O[SiH](C)OCC. The molecule has 4 nitrogen and oxygen atoms in total. The Hall–Kier alpha value is 0.0569. The van der Waals surface area contributed by atoms with Gasteiger partial charge in [-0.15, -0.1) is 0 Å². The zero-order valence-electron chi connectivity index (χ0n) is 13.4. The third-order valence-corrected chi connectivity index (χ3v) is 4.31. The lowest BCUT2D eigenvalue weighted by atomic mass is 10.3. The van der Waals surface area contributed by atoms with Gasteiger partial charge in [-0.1, -0.05) is 33.6 Å². The average Bonchev–Trinajstić information content (AvgIpc) is 2.39. The normalized spacial score (nSPS) is 13.7. The smallest absolute Gasteiger partial charge is 0.323 e. The number of unbranched alkanes of at least 4 members (excludes halogenated alkanes) is 2. The molecule has 0 saturated heterocycles. The molecule has 0 aliphatic heterocycles. The van der Waals surface area contributed by atoms with Crippen LogP contribution in [0.25, 0.3) is 0 Å². The Balaban J connectivity index is 4.44. The van der Waals surface area contributed by atoms with E-state index >= 15 is 0 Å². The lowest BCUT2D eigenvalue weighted by Gasteiger charge is -2.34. The van der Waals surface area contributed by atoms with Gasteiger partial charge in [0.25, 0.3) is 5.97 Å². The van der Waals surface area contributed by atoms with Gasteiger partial charge in [0.15, 0.2) is 0 Å². The van der Waals surface area contributed by atoms with Crippen molar-refractivity contribution in [3.05, 3.63) is 0 Å². The van der Waals surface area contributed by atoms with Gasteiger partial charge in [0, 0.05) is 13.0 Å². The van der Waals surface area contributed by atoms with E-state index in [0.29, 0.717) is 26.2 Å². The maximum Gasteiger partial charge on any atom is 0.323 e. The van der Waals surface area contributed by atoms with Crippen LogP contribution in [0.2, 0.25) is 6.55 Å². The zero-order valence-corrected chi connectivity index (χ0v) is 14.5. The van der Waals surface area contributed by atoms with Gasteiger partial charge < -0.3 is 18.3 Å². The number of hydrogen-bond donors (Lipinski definition) is 0. The van der Waals surface area contributed by atoms with Crippen molar-refractivity contribution in [2.75, 3.05) is 19.8 Å². The Bertz CT molecular complexity index is 192. The molecule has 0 aliphatic carbocycles. The van der Waals surface area contributed by atoms with Gasteiger partial charge in [-0.25, -0.2) is 0 Å². The molecule has 0 aromatic rings. The second-order valence-electron chi connectivity index (χ2n) is 4.58. The minimum absolute atomic E-state index is 0.670. The van der Waals surface area contributed by atoms with Crippen LogP contribution in [0.3, 0.4) is 0 Å². The summed E-state index contributed by atoms with van der Waals surface area (Å²) < 4.78 is 23.3. The van der Waals surface area contributed by atoms with Crippen molar-refractivity contribution >= 4 is 9.28 Å². The van der Waals surface area contributed by atoms with Crippen molar-refractivity contribution < 1.29 is 18.3 Å². The molecule has 0 aromatic heterocycles. The minimum atomic E-state index is -1.70. The first-order valence-corrected chi connectivity index (χ1v) is 9.81. The van der Waals surface area contributed by atoms with Gasteiger partial charge in [-0.3, -0.25) is 0 Å². The monoisotopic (exact) mass is 292 g/mol. The van der Waals surface area contributed by atoms with E-state index in [0.717, 1.165) is 25.7 Å². The van der Waals surface area contributed by atoms with Gasteiger partial charge in [-0.05, 0) is 26.3 Å². The fraction of sp³-hybridized carbons (Fsp3) is 1.00. The van der Waals surface area contributed by atoms with E-state index in [-0.39, 0.29) is 0 Å². The van der Waals surface area contributed by atoms with E-state index in [1.807, 2.05) is 20.4 Å². The molecular formula is C14H32O4Si. The molecule has 0 aliphatic rings. The molecule has 0 heterocycles. The maximum absolute atomic E-state index is 5.99. The van der Waals surface area contributed by atoms with Crippen LogP contribution >= 0.6 is 0 Å². The molecule has 1 atom stereocenters. The lowest BCUT2D eigenvalue weighted by molar-refractivity contribution is -0.351. The van der Waals surface area contributed by atoms with Crippen LogP contribution in [0.4, 0.5) is 0 Å². The quantitative estimate of drug-likeness (QED) is 0.295. The Labute approximate surface area is 120 Å². The first kappa shape index (κ1) is 19.1. The summed E-state index contributed by atoms with van der Waals surface area (Å²) in [5, 5.41) is 0. The van der Waals surface area contributed by atoms with Gasteiger partial charge in [0.05, 0.1) is 13.2 Å². The van der Waals surface area contributed by atoms with E-state index in [1.54, 1.807) is 0 Å². The summed E-state index contributed by atoms with van der Waals surface area (Å²) in [6.07, 6.45) is 4.94. The summed E-state index contributed by atoms with van der Waals surface area (Å²) in [6.45, 7) is 12.3. The standard InChI is InChI=1S/C14H32O4Si/c1-6-10-12-15-14(8-3,16-13-11-7-2)18-19(5)17-9-4/h19H,6-13H2,1-5H3. The predicted octanol–water partition coefficient (Wildman–Crippen LogP) is 3.59. The van der Waals surface area contributed by atoms with Crippen LogP contribution in [0.15, 0.2) is 0 Å². The van der Waals surface area contributed by atoms with Crippen molar-refractivity contribution in [2.24, 2.45) is 0 Å². The number of rotatable bonds is 13. The third-order valence-electron chi connectivity index (χ3n) is 2.82. The first-order chi connectivity index (χ1) is 9.14. The minimum Gasteiger partial charge on any atom is -0.397 e. The van der Waals surface area contributed by atoms with Crippen LogP contribution in [0, 0.1) is 0 Å². The molecule has 0 radical (unpaired) electrons. The van der Waals surface area contributed by atoms with Crippen LogP contribution in [-0.2, 0) is 18.3 Å². The van der Waals surface area contributed by atoms with Crippen molar-refractivity contribution in [1.29, 1.82) is 0 Å². The van der Waals surface area contributed by atoms with Crippen LogP contribution in [0.1, 0.15) is 59.8 Å². The number of ether oxygens (including phenoxy) is 2. The molecule has 0 rings (SSSR count). The van der Waals surface area contributed by atoms with Crippen LogP contribution in [-0.4, -0.2) is 35.1 Å². The summed E-state index contributed by atoms with van der Waals surface area (Å²) in [6, 6.07) is 0. The van der Waals surface area contributed by atoms with Gasteiger partial charge in [0.1, 0.15) is 0 Å². The summed E-state index contributed by atoms with van der Waals surface area (Å²) in [4.78, 5) is 0. The molecule has 0 bridgehead atoms. The molecule has 0 aromatic carbocycles. The summed E-state index contributed by atoms with van der Waals surface area (Å²) >= 11 is 0. The third kappa shape index (κ3) is 8.76. The fourth-order valence-electron chi connectivity index (χ4n) is 1.66. The summed E-state index contributed by atoms with van der Waals surface area (Å²) in [5.41, 5.74) is 0. The van der Waals surface area contributed by atoms with Crippen molar-refractivity contribution in [1.82, 2.24) is 0 Å². The number of hydrogen-bond acceptors (Lipinski definition) is 4. The van der Waals surface area contributed by atoms with Crippen molar-refractivity contribution in [3.8, 4) is 0 Å². The van der Waals surface area contributed by atoms with Crippen LogP contribution < -0.4 is 0 Å². The highest BCUT2D eigenvalue weighted by atomic mass is 28.3. The Morgan fingerprint density at radius 3 is 1.79 bits per heavy atom. The van der Waals surface area contributed by atoms with Gasteiger partial charge >= 0.3 is 9.28 Å². The van der Waals surface area contributed by atoms with Crippen molar-refractivity contribution in [3.63, 3.8) is 0 Å². The molecule has 0 spiro atoms. The molecule has 0 amide bonds. The topological polar surface area (TPSA) is 36.9 Å². The highest BCUT2D eigenvalue weighted by molar-refractivity contribution is 6.42. The largest absolute Gasteiger partial charge is 0.397 e. The van der Waals surface area contributed by atoms with Gasteiger partial charge in [-0.2, -0.15) is 0 Å². The van der Waals surface area contributed by atoms with E-state index in [9.17, 15) is 0 Å². The Morgan fingerprint density at radius 1 is 0.895 bits per heavy atom. The Morgan fingerprint density at radius 2 is 1.42 bits per heavy atom. The molecule has 5 heteroatoms. The van der Waals surface area contributed by atoms with E-state index < -0.39 is 15.3 Å². The Kier molecular flexibility index (Phi) is 11.9. The summed E-state index contributed by atoms with van der Waals surface area (Å²) in [7, 11) is -1.70. The highest BCUT2D eigenvalue weighted by Gasteiger charge is 2.34. The molecule has 116 valence electrons. The molecule has 1 unspecified atom stereocenters. The highest BCUT2D eigenvalue weighted by Crippen LogP contribution is 2.22. The predicted molar refractivity (Wildman–Crippen MR) is 80.5 cm³/mol. The second kappa shape index (κ2) is 11.8. The molecule has 0 saturated carbocycles. The van der Waals surface area contributed by atoms with Crippen LogP contribution in [0.5, 0.6) is 0 Å². The molecule has 0 fully saturated rings. The van der Waals surface area contributed by atoms with Crippen molar-refractivity contribution in [2.45, 2.75) is 72.3 Å².